The molecular weight excluding hydrogens is 264 g/mol. The Hall–Kier alpha value is -1.26. The number of hydrogen-bond donors (Lipinski definition) is 1. The van der Waals surface area contributed by atoms with Gasteiger partial charge in [0.2, 0.25) is 0 Å². The van der Waals surface area contributed by atoms with Crippen LogP contribution in [0.1, 0.15) is 32.3 Å². The first kappa shape index (κ1) is 16.1. The Bertz CT molecular complexity index is 470. The molecule has 118 valence electrons. The minimum atomic E-state index is -0.371. The first-order valence-electron chi connectivity index (χ1n) is 7.75. The Balaban J connectivity index is 2.32. The standard InChI is InChI=1S/C17H28N2O2/c1-13(2)17(18,12-19-9-5-6-10-19)14-7-8-15(20-3)16(11-14)21-4/h7-8,11,13H,5-6,9-10,12,18H2,1-4H3. The average Bonchev–Trinajstić information content (AvgIpc) is 2.98. The number of rotatable bonds is 6. The van der Waals surface area contributed by atoms with Crippen molar-refractivity contribution in [2.75, 3.05) is 33.9 Å². The van der Waals surface area contributed by atoms with Gasteiger partial charge in [-0.05, 0) is 49.5 Å². The summed E-state index contributed by atoms with van der Waals surface area (Å²) in [5.41, 5.74) is 7.56. The van der Waals surface area contributed by atoms with Crippen molar-refractivity contribution in [2.45, 2.75) is 32.2 Å². The second-order valence-electron chi connectivity index (χ2n) is 6.25. The number of ether oxygens (including phenoxy) is 2. The first-order chi connectivity index (χ1) is 10.0. The summed E-state index contributed by atoms with van der Waals surface area (Å²) in [5, 5.41) is 0. The van der Waals surface area contributed by atoms with E-state index in [9.17, 15) is 0 Å². The molecule has 1 atom stereocenters. The summed E-state index contributed by atoms with van der Waals surface area (Å²) >= 11 is 0. The van der Waals surface area contributed by atoms with Crippen molar-refractivity contribution >= 4 is 0 Å². The number of hydrogen-bond acceptors (Lipinski definition) is 4. The molecule has 4 nitrogen and oxygen atoms in total. The van der Waals surface area contributed by atoms with Gasteiger partial charge in [-0.3, -0.25) is 0 Å². The highest BCUT2D eigenvalue weighted by Gasteiger charge is 2.34. The molecule has 1 aromatic rings. The highest BCUT2D eigenvalue weighted by Crippen LogP contribution is 2.35. The molecule has 1 heterocycles. The fourth-order valence-corrected chi connectivity index (χ4v) is 3.04. The highest BCUT2D eigenvalue weighted by molar-refractivity contribution is 5.45. The second-order valence-corrected chi connectivity index (χ2v) is 6.25. The first-order valence-corrected chi connectivity index (χ1v) is 7.75. The zero-order valence-electron chi connectivity index (χ0n) is 13.7. The number of methoxy groups -OCH3 is 2. The van der Waals surface area contributed by atoms with E-state index in [0.29, 0.717) is 5.92 Å². The van der Waals surface area contributed by atoms with Crippen LogP contribution in [0.5, 0.6) is 11.5 Å². The maximum atomic E-state index is 6.82. The molecule has 1 aliphatic heterocycles. The largest absolute Gasteiger partial charge is 0.493 e. The molecule has 1 unspecified atom stereocenters. The van der Waals surface area contributed by atoms with E-state index >= 15 is 0 Å². The molecule has 21 heavy (non-hydrogen) atoms. The lowest BCUT2D eigenvalue weighted by molar-refractivity contribution is 0.198. The van der Waals surface area contributed by atoms with E-state index in [0.717, 1.165) is 36.7 Å². The van der Waals surface area contributed by atoms with Crippen LogP contribution in [0.3, 0.4) is 0 Å². The summed E-state index contributed by atoms with van der Waals surface area (Å²) in [6.45, 7) is 7.57. The Morgan fingerprint density at radius 2 is 1.76 bits per heavy atom. The van der Waals surface area contributed by atoms with Gasteiger partial charge in [0.15, 0.2) is 11.5 Å². The molecule has 0 aliphatic carbocycles. The van der Waals surface area contributed by atoms with Crippen LogP contribution in [-0.2, 0) is 5.54 Å². The van der Waals surface area contributed by atoms with Crippen molar-refractivity contribution in [2.24, 2.45) is 11.7 Å². The Morgan fingerprint density at radius 1 is 1.14 bits per heavy atom. The fourth-order valence-electron chi connectivity index (χ4n) is 3.04. The number of nitrogens with two attached hydrogens (primary N) is 1. The number of likely N-dealkylation sites (tertiary alicyclic amines) is 1. The molecule has 0 spiro atoms. The molecule has 0 aromatic heterocycles. The van der Waals surface area contributed by atoms with Crippen molar-refractivity contribution in [3.05, 3.63) is 23.8 Å². The van der Waals surface area contributed by atoms with Crippen molar-refractivity contribution in [1.82, 2.24) is 4.90 Å². The van der Waals surface area contributed by atoms with Gasteiger partial charge in [0.05, 0.1) is 19.8 Å². The SMILES string of the molecule is COc1ccc(C(N)(CN2CCCC2)C(C)C)cc1OC. The molecule has 0 radical (unpaired) electrons. The van der Waals surface area contributed by atoms with Gasteiger partial charge >= 0.3 is 0 Å². The molecule has 0 bridgehead atoms. The van der Waals surface area contributed by atoms with Crippen LogP contribution in [0.15, 0.2) is 18.2 Å². The third-order valence-corrected chi connectivity index (χ3v) is 4.64. The van der Waals surface area contributed by atoms with Gasteiger partial charge in [-0.15, -0.1) is 0 Å². The minimum Gasteiger partial charge on any atom is -0.493 e. The zero-order chi connectivity index (χ0) is 15.5. The van der Waals surface area contributed by atoms with E-state index in [4.69, 9.17) is 15.2 Å². The summed E-state index contributed by atoms with van der Waals surface area (Å²) < 4.78 is 10.7. The normalized spacial score (nSPS) is 18.8. The third kappa shape index (κ3) is 3.33. The summed E-state index contributed by atoms with van der Waals surface area (Å²) in [6, 6.07) is 6.04. The van der Waals surface area contributed by atoms with Crippen LogP contribution in [0.2, 0.25) is 0 Å². The maximum Gasteiger partial charge on any atom is 0.161 e. The summed E-state index contributed by atoms with van der Waals surface area (Å²) in [7, 11) is 3.32. The van der Waals surface area contributed by atoms with E-state index in [-0.39, 0.29) is 5.54 Å². The van der Waals surface area contributed by atoms with Gasteiger partial charge in [-0.25, -0.2) is 0 Å². The van der Waals surface area contributed by atoms with Crippen molar-refractivity contribution in [1.29, 1.82) is 0 Å². The van der Waals surface area contributed by atoms with Gasteiger partial charge in [-0.2, -0.15) is 0 Å². The molecule has 2 N–H and O–H groups in total. The van der Waals surface area contributed by atoms with E-state index in [2.05, 4.69) is 24.8 Å². The predicted molar refractivity (Wildman–Crippen MR) is 85.9 cm³/mol. The molecule has 4 heteroatoms. The predicted octanol–water partition coefficient (Wildman–Crippen LogP) is 2.61. The number of benzene rings is 1. The van der Waals surface area contributed by atoms with Gasteiger partial charge in [0.25, 0.3) is 0 Å². The fraction of sp³-hybridized carbons (Fsp3) is 0.647. The lowest BCUT2D eigenvalue weighted by Crippen LogP contribution is -2.50. The van der Waals surface area contributed by atoms with Crippen LogP contribution in [0.4, 0.5) is 0 Å². The van der Waals surface area contributed by atoms with E-state index in [1.807, 2.05) is 12.1 Å². The quantitative estimate of drug-likeness (QED) is 0.875. The second kappa shape index (κ2) is 6.67. The Labute approximate surface area is 128 Å². The molecule has 1 fully saturated rings. The van der Waals surface area contributed by atoms with Gasteiger partial charge in [-0.1, -0.05) is 19.9 Å². The molecule has 2 rings (SSSR count). The van der Waals surface area contributed by atoms with Crippen LogP contribution in [0, 0.1) is 5.92 Å². The monoisotopic (exact) mass is 292 g/mol. The minimum absolute atomic E-state index is 0.344. The lowest BCUT2D eigenvalue weighted by atomic mass is 9.80. The smallest absolute Gasteiger partial charge is 0.161 e. The third-order valence-electron chi connectivity index (χ3n) is 4.64. The van der Waals surface area contributed by atoms with E-state index in [1.165, 1.54) is 12.8 Å². The molecule has 1 aromatic carbocycles. The molecule has 1 saturated heterocycles. The molecule has 0 saturated carbocycles. The lowest BCUT2D eigenvalue weighted by Gasteiger charge is -2.38. The average molecular weight is 292 g/mol. The van der Waals surface area contributed by atoms with Crippen LogP contribution in [-0.4, -0.2) is 38.8 Å². The van der Waals surface area contributed by atoms with Gasteiger partial charge < -0.3 is 20.1 Å². The number of nitrogens with zero attached hydrogens (tertiary/aromatic N) is 1. The zero-order valence-corrected chi connectivity index (χ0v) is 13.7. The Kier molecular flexibility index (Phi) is 5.12. The maximum absolute atomic E-state index is 6.82. The van der Waals surface area contributed by atoms with Crippen molar-refractivity contribution in [3.63, 3.8) is 0 Å². The topological polar surface area (TPSA) is 47.7 Å². The molecule has 1 aliphatic rings. The summed E-state index contributed by atoms with van der Waals surface area (Å²) in [5.74, 6) is 1.83. The highest BCUT2D eigenvalue weighted by atomic mass is 16.5. The Morgan fingerprint density at radius 3 is 2.29 bits per heavy atom. The molecular formula is C17H28N2O2. The van der Waals surface area contributed by atoms with Gasteiger partial charge in [0, 0.05) is 6.54 Å². The van der Waals surface area contributed by atoms with E-state index < -0.39 is 0 Å². The van der Waals surface area contributed by atoms with Crippen LogP contribution in [0.25, 0.3) is 0 Å². The summed E-state index contributed by atoms with van der Waals surface area (Å²) in [6.07, 6.45) is 2.56. The van der Waals surface area contributed by atoms with Crippen molar-refractivity contribution in [3.8, 4) is 11.5 Å². The molecule has 0 amide bonds. The van der Waals surface area contributed by atoms with Crippen molar-refractivity contribution < 1.29 is 9.47 Å². The van der Waals surface area contributed by atoms with Crippen LogP contribution < -0.4 is 15.2 Å². The summed E-state index contributed by atoms with van der Waals surface area (Å²) in [4.78, 5) is 2.47. The van der Waals surface area contributed by atoms with Gasteiger partial charge in [0.1, 0.15) is 0 Å². The van der Waals surface area contributed by atoms with Crippen LogP contribution >= 0.6 is 0 Å². The van der Waals surface area contributed by atoms with E-state index in [1.54, 1.807) is 14.2 Å².